The SMILES string of the molecule is CCCNC(=O)c1cc(N)ccc1Nc1ccc(C)cc1C. The maximum absolute atomic E-state index is 12.3. The molecule has 0 unspecified atom stereocenters. The average molecular weight is 297 g/mol. The number of benzene rings is 2. The first-order chi connectivity index (χ1) is 10.5. The normalized spacial score (nSPS) is 10.3. The lowest BCUT2D eigenvalue weighted by molar-refractivity contribution is 0.0954. The summed E-state index contributed by atoms with van der Waals surface area (Å²) in [5.41, 5.74) is 11.1. The first-order valence-electron chi connectivity index (χ1n) is 7.53. The van der Waals surface area contributed by atoms with Gasteiger partial charge >= 0.3 is 0 Å². The van der Waals surface area contributed by atoms with Crippen LogP contribution in [0.5, 0.6) is 0 Å². The van der Waals surface area contributed by atoms with E-state index in [1.54, 1.807) is 12.1 Å². The van der Waals surface area contributed by atoms with Gasteiger partial charge in [0.25, 0.3) is 5.91 Å². The van der Waals surface area contributed by atoms with Crippen LogP contribution in [0.3, 0.4) is 0 Å². The monoisotopic (exact) mass is 297 g/mol. The highest BCUT2D eigenvalue weighted by Crippen LogP contribution is 2.26. The Hall–Kier alpha value is -2.49. The van der Waals surface area contributed by atoms with Crippen molar-refractivity contribution in [3.63, 3.8) is 0 Å². The number of hydrogen-bond acceptors (Lipinski definition) is 3. The molecular weight excluding hydrogens is 274 g/mol. The summed E-state index contributed by atoms with van der Waals surface area (Å²) < 4.78 is 0. The predicted molar refractivity (Wildman–Crippen MR) is 92.7 cm³/mol. The van der Waals surface area contributed by atoms with Gasteiger partial charge in [0.1, 0.15) is 0 Å². The third kappa shape index (κ3) is 3.79. The van der Waals surface area contributed by atoms with Gasteiger partial charge in [-0.1, -0.05) is 24.6 Å². The molecule has 0 aromatic heterocycles. The van der Waals surface area contributed by atoms with E-state index >= 15 is 0 Å². The van der Waals surface area contributed by atoms with E-state index in [-0.39, 0.29) is 5.91 Å². The van der Waals surface area contributed by atoms with Crippen LogP contribution in [0.2, 0.25) is 0 Å². The largest absolute Gasteiger partial charge is 0.399 e. The molecule has 0 radical (unpaired) electrons. The zero-order valence-corrected chi connectivity index (χ0v) is 13.4. The molecule has 0 aliphatic rings. The molecule has 0 bridgehead atoms. The quantitative estimate of drug-likeness (QED) is 0.736. The van der Waals surface area contributed by atoms with Gasteiger partial charge in [0.2, 0.25) is 0 Å². The molecule has 0 spiro atoms. The van der Waals surface area contributed by atoms with Gasteiger partial charge in [-0.15, -0.1) is 0 Å². The lowest BCUT2D eigenvalue weighted by Gasteiger charge is -2.15. The number of carbonyl (C=O) groups excluding carboxylic acids is 1. The minimum absolute atomic E-state index is 0.110. The van der Waals surface area contributed by atoms with Gasteiger partial charge in [-0.05, 0) is 50.1 Å². The molecule has 4 heteroatoms. The number of aryl methyl sites for hydroxylation is 2. The zero-order valence-electron chi connectivity index (χ0n) is 13.4. The number of carbonyl (C=O) groups is 1. The first kappa shape index (κ1) is 15.9. The summed E-state index contributed by atoms with van der Waals surface area (Å²) in [6.07, 6.45) is 0.897. The van der Waals surface area contributed by atoms with Crippen LogP contribution >= 0.6 is 0 Å². The van der Waals surface area contributed by atoms with Crippen molar-refractivity contribution >= 4 is 23.0 Å². The van der Waals surface area contributed by atoms with Crippen molar-refractivity contribution in [3.8, 4) is 0 Å². The molecule has 4 N–H and O–H groups in total. The van der Waals surface area contributed by atoms with E-state index in [2.05, 4.69) is 23.6 Å². The second-order valence-corrected chi connectivity index (χ2v) is 5.50. The Labute approximate surface area is 131 Å². The van der Waals surface area contributed by atoms with Crippen LogP contribution in [0, 0.1) is 13.8 Å². The van der Waals surface area contributed by atoms with Gasteiger partial charge < -0.3 is 16.4 Å². The zero-order chi connectivity index (χ0) is 16.1. The van der Waals surface area contributed by atoms with Crippen LogP contribution in [-0.2, 0) is 0 Å². The highest BCUT2D eigenvalue weighted by Gasteiger charge is 2.12. The number of hydrogen-bond donors (Lipinski definition) is 3. The van der Waals surface area contributed by atoms with E-state index in [4.69, 9.17) is 5.73 Å². The molecule has 0 aliphatic carbocycles. The summed E-state index contributed by atoms with van der Waals surface area (Å²) in [6, 6.07) is 11.5. The maximum atomic E-state index is 12.3. The summed E-state index contributed by atoms with van der Waals surface area (Å²) in [7, 11) is 0. The van der Waals surface area contributed by atoms with Crippen LogP contribution in [0.25, 0.3) is 0 Å². The van der Waals surface area contributed by atoms with Crippen molar-refractivity contribution in [2.75, 3.05) is 17.6 Å². The third-order valence-corrected chi connectivity index (χ3v) is 3.48. The third-order valence-electron chi connectivity index (χ3n) is 3.48. The van der Waals surface area contributed by atoms with Gasteiger partial charge in [0.15, 0.2) is 0 Å². The molecule has 0 saturated carbocycles. The van der Waals surface area contributed by atoms with Gasteiger partial charge in [0, 0.05) is 17.9 Å². The lowest BCUT2D eigenvalue weighted by atomic mass is 10.1. The number of nitrogens with one attached hydrogen (secondary N) is 2. The Bertz CT molecular complexity index is 680. The fraction of sp³-hybridized carbons (Fsp3) is 0.278. The molecule has 0 fully saturated rings. The minimum atomic E-state index is -0.110. The smallest absolute Gasteiger partial charge is 0.253 e. The second-order valence-electron chi connectivity index (χ2n) is 5.50. The molecule has 2 rings (SSSR count). The van der Waals surface area contributed by atoms with E-state index in [9.17, 15) is 4.79 Å². The van der Waals surface area contributed by atoms with Crippen molar-refractivity contribution in [2.24, 2.45) is 0 Å². The first-order valence-corrected chi connectivity index (χ1v) is 7.53. The van der Waals surface area contributed by atoms with Crippen LogP contribution in [-0.4, -0.2) is 12.5 Å². The fourth-order valence-corrected chi connectivity index (χ4v) is 2.29. The second kappa shape index (κ2) is 6.98. The van der Waals surface area contributed by atoms with Crippen molar-refractivity contribution in [3.05, 3.63) is 53.1 Å². The number of amides is 1. The molecule has 2 aromatic rings. The van der Waals surface area contributed by atoms with Crippen LogP contribution in [0.1, 0.15) is 34.8 Å². The summed E-state index contributed by atoms with van der Waals surface area (Å²) in [4.78, 5) is 12.3. The van der Waals surface area contributed by atoms with Crippen LogP contribution < -0.4 is 16.4 Å². The van der Waals surface area contributed by atoms with Gasteiger partial charge in [-0.3, -0.25) is 4.79 Å². The standard InChI is InChI=1S/C18H23N3O/c1-4-9-20-18(22)15-11-14(19)6-8-17(15)21-16-7-5-12(2)10-13(16)3/h5-8,10-11,21H,4,9,19H2,1-3H3,(H,20,22). The Balaban J connectivity index is 2.32. The van der Waals surface area contributed by atoms with Crippen molar-refractivity contribution in [1.82, 2.24) is 5.32 Å². The Morgan fingerprint density at radius 3 is 2.50 bits per heavy atom. The molecular formula is C18H23N3O. The Morgan fingerprint density at radius 2 is 1.82 bits per heavy atom. The van der Waals surface area contributed by atoms with E-state index in [1.165, 1.54) is 5.56 Å². The van der Waals surface area contributed by atoms with E-state index < -0.39 is 0 Å². The molecule has 2 aromatic carbocycles. The van der Waals surface area contributed by atoms with Gasteiger partial charge in [0.05, 0.1) is 11.3 Å². The summed E-state index contributed by atoms with van der Waals surface area (Å²) in [5.74, 6) is -0.110. The number of nitrogen functional groups attached to an aromatic ring is 1. The minimum Gasteiger partial charge on any atom is -0.399 e. The number of nitrogens with two attached hydrogens (primary N) is 1. The van der Waals surface area contributed by atoms with Crippen molar-refractivity contribution in [2.45, 2.75) is 27.2 Å². The molecule has 0 aliphatic heterocycles. The van der Waals surface area contributed by atoms with E-state index in [0.717, 1.165) is 23.4 Å². The molecule has 0 saturated heterocycles. The van der Waals surface area contributed by atoms with Crippen molar-refractivity contribution in [1.29, 1.82) is 0 Å². The lowest BCUT2D eigenvalue weighted by Crippen LogP contribution is -2.25. The summed E-state index contributed by atoms with van der Waals surface area (Å²) >= 11 is 0. The highest BCUT2D eigenvalue weighted by molar-refractivity contribution is 6.01. The Morgan fingerprint density at radius 1 is 1.09 bits per heavy atom. The fourth-order valence-electron chi connectivity index (χ4n) is 2.29. The average Bonchev–Trinajstić information content (AvgIpc) is 2.49. The number of anilines is 3. The van der Waals surface area contributed by atoms with Crippen LogP contribution in [0.4, 0.5) is 17.1 Å². The van der Waals surface area contributed by atoms with E-state index in [0.29, 0.717) is 17.8 Å². The molecule has 0 atom stereocenters. The van der Waals surface area contributed by atoms with Crippen LogP contribution in [0.15, 0.2) is 36.4 Å². The molecule has 1 amide bonds. The van der Waals surface area contributed by atoms with Gasteiger partial charge in [-0.2, -0.15) is 0 Å². The molecule has 4 nitrogen and oxygen atoms in total. The Kier molecular flexibility index (Phi) is 5.04. The molecule has 116 valence electrons. The van der Waals surface area contributed by atoms with Crippen molar-refractivity contribution < 1.29 is 4.79 Å². The summed E-state index contributed by atoms with van der Waals surface area (Å²) in [6.45, 7) is 6.78. The predicted octanol–water partition coefficient (Wildman–Crippen LogP) is 3.77. The number of rotatable bonds is 5. The highest BCUT2D eigenvalue weighted by atomic mass is 16.1. The molecule has 0 heterocycles. The topological polar surface area (TPSA) is 67.2 Å². The van der Waals surface area contributed by atoms with E-state index in [1.807, 2.05) is 32.0 Å². The molecule has 22 heavy (non-hydrogen) atoms. The van der Waals surface area contributed by atoms with Gasteiger partial charge in [-0.25, -0.2) is 0 Å². The summed E-state index contributed by atoms with van der Waals surface area (Å²) in [5, 5.41) is 6.23. The maximum Gasteiger partial charge on any atom is 0.253 e.